The van der Waals surface area contributed by atoms with Gasteiger partial charge in [-0.1, -0.05) is 103 Å². The van der Waals surface area contributed by atoms with Crippen molar-refractivity contribution < 1.29 is 4.42 Å². The van der Waals surface area contributed by atoms with E-state index in [4.69, 9.17) is 31.0 Å². The number of furan rings is 1. The van der Waals surface area contributed by atoms with Crippen LogP contribution in [0, 0.1) is 0 Å². The zero-order valence-electron chi connectivity index (χ0n) is 20.2. The van der Waals surface area contributed by atoms with Crippen LogP contribution >= 0.6 is 11.6 Å². The highest BCUT2D eigenvalue weighted by Gasteiger charge is 2.20. The minimum Gasteiger partial charge on any atom is -0.455 e. The summed E-state index contributed by atoms with van der Waals surface area (Å²) in [7, 11) is 0. The first-order valence-electron chi connectivity index (χ1n) is 12.3. The van der Waals surface area contributed by atoms with Gasteiger partial charge >= 0.3 is 0 Å². The lowest BCUT2D eigenvalue weighted by Crippen LogP contribution is -2.00. The van der Waals surface area contributed by atoms with Crippen LogP contribution < -0.4 is 0 Å². The van der Waals surface area contributed by atoms with Gasteiger partial charge in [-0.25, -0.2) is 15.0 Å². The first-order chi connectivity index (χ1) is 18.7. The van der Waals surface area contributed by atoms with Gasteiger partial charge in [0.1, 0.15) is 11.2 Å². The van der Waals surface area contributed by atoms with Gasteiger partial charge in [-0.15, -0.1) is 0 Å². The zero-order valence-corrected chi connectivity index (χ0v) is 20.9. The predicted molar refractivity (Wildman–Crippen MR) is 154 cm³/mol. The van der Waals surface area contributed by atoms with E-state index in [1.54, 1.807) is 0 Å². The maximum absolute atomic E-state index is 6.46. The summed E-state index contributed by atoms with van der Waals surface area (Å²) in [5.41, 5.74) is 6.35. The molecule has 180 valence electrons. The van der Waals surface area contributed by atoms with Gasteiger partial charge in [0.05, 0.1) is 0 Å². The molecule has 5 heteroatoms. The van der Waals surface area contributed by atoms with Crippen molar-refractivity contribution in [2.24, 2.45) is 0 Å². The smallest absolute Gasteiger partial charge is 0.164 e. The van der Waals surface area contributed by atoms with Crippen LogP contribution in [0.25, 0.3) is 67.2 Å². The van der Waals surface area contributed by atoms with E-state index < -0.39 is 0 Å². The normalized spacial score (nSPS) is 11.3. The molecule has 0 bridgehead atoms. The molecule has 5 aromatic carbocycles. The van der Waals surface area contributed by atoms with E-state index in [9.17, 15) is 0 Å². The first kappa shape index (κ1) is 22.4. The maximum atomic E-state index is 6.46. The zero-order chi connectivity index (χ0) is 25.5. The molecule has 2 aromatic heterocycles. The van der Waals surface area contributed by atoms with Crippen LogP contribution in [-0.4, -0.2) is 15.0 Å². The molecule has 4 nitrogen and oxygen atoms in total. The molecule has 7 aromatic rings. The Balaban J connectivity index is 1.54. The first-order valence-corrected chi connectivity index (χ1v) is 12.7. The Morgan fingerprint density at radius 1 is 0.500 bits per heavy atom. The molecule has 0 saturated carbocycles. The molecule has 7 rings (SSSR count). The van der Waals surface area contributed by atoms with E-state index in [0.717, 1.165) is 49.8 Å². The molecule has 0 saturated heterocycles. The SMILES string of the molecule is Clc1cccc(-c2nc(-c3ccccc3)nc(-c3ccc(-c4ccccc4)c4oc5ccccc5c34)n2)c1. The second-order valence-electron chi connectivity index (χ2n) is 9.01. The Morgan fingerprint density at radius 2 is 1.11 bits per heavy atom. The Bertz CT molecular complexity index is 1930. The van der Waals surface area contributed by atoms with E-state index in [1.165, 1.54) is 0 Å². The van der Waals surface area contributed by atoms with Crippen molar-refractivity contribution >= 4 is 33.5 Å². The van der Waals surface area contributed by atoms with Crippen molar-refractivity contribution in [2.45, 2.75) is 0 Å². The molecule has 0 aliphatic rings. The fraction of sp³-hybridized carbons (Fsp3) is 0. The van der Waals surface area contributed by atoms with Crippen molar-refractivity contribution in [2.75, 3.05) is 0 Å². The number of benzene rings is 5. The highest BCUT2D eigenvalue weighted by molar-refractivity contribution is 6.30. The fourth-order valence-electron chi connectivity index (χ4n) is 4.83. The summed E-state index contributed by atoms with van der Waals surface area (Å²) < 4.78 is 6.46. The van der Waals surface area contributed by atoms with Gasteiger partial charge in [-0.05, 0) is 35.9 Å². The van der Waals surface area contributed by atoms with Crippen LogP contribution in [0.3, 0.4) is 0 Å². The third kappa shape index (κ3) is 3.92. The van der Waals surface area contributed by atoms with Gasteiger partial charge in [0.25, 0.3) is 0 Å². The summed E-state index contributed by atoms with van der Waals surface area (Å²) in [6.45, 7) is 0. The fourth-order valence-corrected chi connectivity index (χ4v) is 5.02. The molecule has 0 aliphatic heterocycles. The summed E-state index contributed by atoms with van der Waals surface area (Å²) in [5.74, 6) is 1.73. The topological polar surface area (TPSA) is 51.8 Å². The maximum Gasteiger partial charge on any atom is 0.164 e. The van der Waals surface area contributed by atoms with Gasteiger partial charge in [0.2, 0.25) is 0 Å². The number of nitrogens with zero attached hydrogens (tertiary/aromatic N) is 3. The second-order valence-corrected chi connectivity index (χ2v) is 9.45. The predicted octanol–water partition coefficient (Wildman–Crippen LogP) is 9.09. The highest BCUT2D eigenvalue weighted by Crippen LogP contribution is 2.41. The molecule has 0 aliphatic carbocycles. The molecule has 0 fully saturated rings. The van der Waals surface area contributed by atoms with E-state index in [1.807, 2.05) is 91.0 Å². The van der Waals surface area contributed by atoms with Gasteiger partial charge in [-0.2, -0.15) is 0 Å². The van der Waals surface area contributed by atoms with E-state index >= 15 is 0 Å². The van der Waals surface area contributed by atoms with Crippen molar-refractivity contribution in [3.8, 4) is 45.3 Å². The van der Waals surface area contributed by atoms with Crippen LogP contribution in [-0.2, 0) is 0 Å². The number of hydrogen-bond acceptors (Lipinski definition) is 4. The molecule has 0 radical (unpaired) electrons. The number of para-hydroxylation sites is 1. The number of halogens is 1. The Kier molecular flexibility index (Phi) is 5.46. The van der Waals surface area contributed by atoms with Crippen LogP contribution in [0.5, 0.6) is 0 Å². The van der Waals surface area contributed by atoms with Crippen molar-refractivity contribution in [3.63, 3.8) is 0 Å². The molecular weight excluding hydrogens is 490 g/mol. The number of rotatable bonds is 4. The summed E-state index contributed by atoms with van der Waals surface area (Å²) in [5, 5.41) is 2.62. The largest absolute Gasteiger partial charge is 0.455 e. The summed E-state index contributed by atoms with van der Waals surface area (Å²) >= 11 is 6.33. The lowest BCUT2D eigenvalue weighted by molar-refractivity contribution is 0.670. The molecule has 0 spiro atoms. The van der Waals surface area contributed by atoms with Crippen LogP contribution in [0.1, 0.15) is 0 Å². The van der Waals surface area contributed by atoms with Crippen molar-refractivity contribution in [1.29, 1.82) is 0 Å². The molecule has 0 unspecified atom stereocenters. The second kappa shape index (κ2) is 9.25. The quantitative estimate of drug-likeness (QED) is 0.237. The van der Waals surface area contributed by atoms with Crippen LogP contribution in [0.2, 0.25) is 5.02 Å². The lowest BCUT2D eigenvalue weighted by atomic mass is 9.98. The molecular formula is C33H20ClN3O. The molecule has 0 amide bonds. The lowest BCUT2D eigenvalue weighted by Gasteiger charge is -2.11. The van der Waals surface area contributed by atoms with E-state index in [2.05, 4.69) is 30.3 Å². The van der Waals surface area contributed by atoms with Gasteiger partial charge in [0.15, 0.2) is 17.5 Å². The number of hydrogen-bond donors (Lipinski definition) is 0. The molecule has 2 heterocycles. The number of fused-ring (bicyclic) bond motifs is 3. The molecule has 0 N–H and O–H groups in total. The Morgan fingerprint density at radius 3 is 1.87 bits per heavy atom. The number of aromatic nitrogens is 3. The highest BCUT2D eigenvalue weighted by atomic mass is 35.5. The average molecular weight is 510 g/mol. The van der Waals surface area contributed by atoms with Crippen molar-refractivity contribution in [3.05, 3.63) is 126 Å². The minimum atomic E-state index is 0.560. The third-order valence-electron chi connectivity index (χ3n) is 6.60. The van der Waals surface area contributed by atoms with Gasteiger partial charge < -0.3 is 4.42 Å². The van der Waals surface area contributed by atoms with Crippen LogP contribution in [0.4, 0.5) is 0 Å². The standard InChI is InChI=1S/C33H20ClN3O/c34-24-15-9-14-23(20-24)32-35-31(22-12-5-2-6-13-22)36-33(37-32)27-19-18-25(21-10-3-1-4-11-21)30-29(27)26-16-7-8-17-28(26)38-30/h1-20H. The Hall–Kier alpha value is -4.80. The minimum absolute atomic E-state index is 0.560. The van der Waals surface area contributed by atoms with E-state index in [-0.39, 0.29) is 0 Å². The summed E-state index contributed by atoms with van der Waals surface area (Å²) in [6, 6.07) is 40.0. The molecule has 38 heavy (non-hydrogen) atoms. The van der Waals surface area contributed by atoms with Gasteiger partial charge in [-0.3, -0.25) is 0 Å². The summed E-state index contributed by atoms with van der Waals surface area (Å²) in [6.07, 6.45) is 0. The van der Waals surface area contributed by atoms with Crippen LogP contribution in [0.15, 0.2) is 126 Å². The third-order valence-corrected chi connectivity index (χ3v) is 6.84. The summed E-state index contributed by atoms with van der Waals surface area (Å²) in [4.78, 5) is 14.8. The monoisotopic (exact) mass is 509 g/mol. The van der Waals surface area contributed by atoms with E-state index in [0.29, 0.717) is 22.5 Å². The average Bonchev–Trinajstić information content (AvgIpc) is 3.37. The van der Waals surface area contributed by atoms with Crippen molar-refractivity contribution in [1.82, 2.24) is 15.0 Å². The molecule has 0 atom stereocenters. The Labute approximate surface area is 224 Å². The van der Waals surface area contributed by atoms with Gasteiger partial charge in [0, 0.05) is 38.0 Å².